The molecule has 1 saturated heterocycles. The molecule has 0 amide bonds. The van der Waals surface area contributed by atoms with Crippen molar-refractivity contribution in [1.82, 2.24) is 4.90 Å². The van der Waals surface area contributed by atoms with Crippen molar-refractivity contribution in [1.29, 1.82) is 5.26 Å². The van der Waals surface area contributed by atoms with Crippen molar-refractivity contribution in [3.8, 4) is 6.07 Å². The fourth-order valence-electron chi connectivity index (χ4n) is 2.01. The van der Waals surface area contributed by atoms with Crippen molar-refractivity contribution in [2.45, 2.75) is 45.1 Å². The molecule has 0 aliphatic carbocycles. The maximum atomic E-state index is 8.39. The third-order valence-electron chi connectivity index (χ3n) is 2.70. The minimum atomic E-state index is 0.715. The van der Waals surface area contributed by atoms with Crippen molar-refractivity contribution in [2.24, 2.45) is 0 Å². The van der Waals surface area contributed by atoms with Gasteiger partial charge in [-0.15, -0.1) is 0 Å². The topological polar surface area (TPSA) is 27.0 Å². The largest absolute Gasteiger partial charge is 0.300 e. The SMILES string of the molecule is CCC1CCCN1CCCC#N. The van der Waals surface area contributed by atoms with Crippen LogP contribution in [0.4, 0.5) is 0 Å². The fraction of sp³-hybridized carbons (Fsp3) is 0.900. The van der Waals surface area contributed by atoms with Crippen LogP contribution in [0.25, 0.3) is 0 Å². The van der Waals surface area contributed by atoms with Gasteiger partial charge in [0.05, 0.1) is 6.07 Å². The standard InChI is InChI=1S/C10H18N2/c1-2-10-6-5-9-12(10)8-4-3-7-11/h10H,2-6,8-9H2,1H3. The molecular weight excluding hydrogens is 148 g/mol. The van der Waals surface area contributed by atoms with Gasteiger partial charge in [0.1, 0.15) is 0 Å². The molecule has 1 aliphatic heterocycles. The average Bonchev–Trinajstić information content (AvgIpc) is 2.52. The van der Waals surface area contributed by atoms with E-state index in [0.29, 0.717) is 6.42 Å². The normalized spacial score (nSPS) is 24.2. The Morgan fingerprint density at radius 2 is 2.42 bits per heavy atom. The monoisotopic (exact) mass is 166 g/mol. The molecule has 0 bridgehead atoms. The number of nitrogens with zero attached hydrogens (tertiary/aromatic N) is 2. The van der Waals surface area contributed by atoms with Gasteiger partial charge in [0.15, 0.2) is 0 Å². The number of likely N-dealkylation sites (tertiary alicyclic amines) is 1. The number of nitriles is 1. The molecule has 2 heteroatoms. The van der Waals surface area contributed by atoms with Crippen LogP contribution in [0, 0.1) is 11.3 Å². The zero-order valence-electron chi connectivity index (χ0n) is 7.92. The van der Waals surface area contributed by atoms with E-state index in [1.807, 2.05) is 0 Å². The number of hydrogen-bond acceptors (Lipinski definition) is 2. The fourth-order valence-corrected chi connectivity index (χ4v) is 2.01. The second-order valence-corrected chi connectivity index (χ2v) is 3.50. The lowest BCUT2D eigenvalue weighted by molar-refractivity contribution is 0.246. The van der Waals surface area contributed by atoms with Crippen LogP contribution in [-0.4, -0.2) is 24.0 Å². The Kier molecular flexibility index (Phi) is 4.10. The van der Waals surface area contributed by atoms with E-state index in [2.05, 4.69) is 17.9 Å². The van der Waals surface area contributed by atoms with E-state index in [4.69, 9.17) is 5.26 Å². The van der Waals surface area contributed by atoms with Crippen LogP contribution in [0.2, 0.25) is 0 Å². The second kappa shape index (κ2) is 5.16. The van der Waals surface area contributed by atoms with Gasteiger partial charge in [-0.05, 0) is 38.8 Å². The van der Waals surface area contributed by atoms with Gasteiger partial charge in [-0.1, -0.05) is 6.92 Å². The molecule has 0 aromatic heterocycles. The predicted molar refractivity (Wildman–Crippen MR) is 49.7 cm³/mol. The van der Waals surface area contributed by atoms with Crippen LogP contribution in [0.5, 0.6) is 0 Å². The molecule has 68 valence electrons. The minimum Gasteiger partial charge on any atom is -0.300 e. The van der Waals surface area contributed by atoms with E-state index >= 15 is 0 Å². The molecule has 1 rings (SSSR count). The zero-order valence-corrected chi connectivity index (χ0v) is 7.92. The Morgan fingerprint density at radius 3 is 3.08 bits per heavy atom. The molecule has 0 radical (unpaired) electrons. The lowest BCUT2D eigenvalue weighted by Gasteiger charge is -2.22. The maximum Gasteiger partial charge on any atom is 0.0622 e. The number of hydrogen-bond donors (Lipinski definition) is 0. The van der Waals surface area contributed by atoms with E-state index in [-0.39, 0.29) is 0 Å². The highest BCUT2D eigenvalue weighted by Crippen LogP contribution is 2.19. The quantitative estimate of drug-likeness (QED) is 0.598. The molecule has 0 aromatic rings. The zero-order chi connectivity index (χ0) is 8.81. The van der Waals surface area contributed by atoms with E-state index in [1.165, 1.54) is 25.8 Å². The van der Waals surface area contributed by atoms with Gasteiger partial charge in [0.2, 0.25) is 0 Å². The highest BCUT2D eigenvalue weighted by atomic mass is 15.2. The first kappa shape index (κ1) is 9.54. The lowest BCUT2D eigenvalue weighted by atomic mass is 10.1. The van der Waals surface area contributed by atoms with Gasteiger partial charge < -0.3 is 4.90 Å². The first-order chi connectivity index (χ1) is 5.88. The first-order valence-electron chi connectivity index (χ1n) is 4.99. The second-order valence-electron chi connectivity index (χ2n) is 3.50. The summed E-state index contributed by atoms with van der Waals surface area (Å²) >= 11 is 0. The molecule has 0 spiro atoms. The summed E-state index contributed by atoms with van der Waals surface area (Å²) in [6, 6.07) is 3.01. The van der Waals surface area contributed by atoms with Gasteiger partial charge in [0.25, 0.3) is 0 Å². The van der Waals surface area contributed by atoms with Crippen LogP contribution >= 0.6 is 0 Å². The van der Waals surface area contributed by atoms with E-state index < -0.39 is 0 Å². The summed E-state index contributed by atoms with van der Waals surface area (Å²) in [4.78, 5) is 2.54. The molecule has 0 aromatic carbocycles. The molecule has 2 nitrogen and oxygen atoms in total. The lowest BCUT2D eigenvalue weighted by Crippen LogP contribution is -2.29. The van der Waals surface area contributed by atoms with Gasteiger partial charge in [-0.3, -0.25) is 0 Å². The highest BCUT2D eigenvalue weighted by molar-refractivity contribution is 4.79. The Labute approximate surface area is 75.2 Å². The minimum absolute atomic E-state index is 0.715. The Hall–Kier alpha value is -0.550. The predicted octanol–water partition coefficient (Wildman–Crippen LogP) is 2.16. The molecule has 0 N–H and O–H groups in total. The Bertz CT molecular complexity index is 160. The van der Waals surface area contributed by atoms with Crippen LogP contribution in [0.3, 0.4) is 0 Å². The van der Waals surface area contributed by atoms with Crippen LogP contribution in [0.15, 0.2) is 0 Å². The average molecular weight is 166 g/mol. The van der Waals surface area contributed by atoms with Crippen molar-refractivity contribution >= 4 is 0 Å². The molecule has 0 saturated carbocycles. The van der Waals surface area contributed by atoms with Crippen molar-refractivity contribution in [3.05, 3.63) is 0 Å². The van der Waals surface area contributed by atoms with Crippen LogP contribution in [0.1, 0.15) is 39.0 Å². The molecule has 12 heavy (non-hydrogen) atoms. The van der Waals surface area contributed by atoms with Crippen molar-refractivity contribution < 1.29 is 0 Å². The molecule has 1 unspecified atom stereocenters. The summed E-state index contributed by atoms with van der Waals surface area (Å²) < 4.78 is 0. The van der Waals surface area contributed by atoms with Crippen LogP contribution in [-0.2, 0) is 0 Å². The summed E-state index contributed by atoms with van der Waals surface area (Å²) in [6.07, 6.45) is 5.75. The van der Waals surface area contributed by atoms with Gasteiger partial charge >= 0.3 is 0 Å². The van der Waals surface area contributed by atoms with Gasteiger partial charge in [-0.2, -0.15) is 5.26 Å². The molecule has 1 aliphatic rings. The smallest absolute Gasteiger partial charge is 0.0622 e. The van der Waals surface area contributed by atoms with E-state index in [9.17, 15) is 0 Å². The third kappa shape index (κ3) is 2.49. The number of unbranched alkanes of at least 4 members (excludes halogenated alkanes) is 1. The Balaban J connectivity index is 2.18. The highest BCUT2D eigenvalue weighted by Gasteiger charge is 2.21. The third-order valence-corrected chi connectivity index (χ3v) is 2.70. The number of rotatable bonds is 4. The van der Waals surface area contributed by atoms with Crippen molar-refractivity contribution in [2.75, 3.05) is 13.1 Å². The Morgan fingerprint density at radius 1 is 1.58 bits per heavy atom. The van der Waals surface area contributed by atoms with Crippen LogP contribution < -0.4 is 0 Å². The molecule has 1 fully saturated rings. The van der Waals surface area contributed by atoms with Gasteiger partial charge in [-0.25, -0.2) is 0 Å². The summed E-state index contributed by atoms with van der Waals surface area (Å²) in [5.41, 5.74) is 0. The van der Waals surface area contributed by atoms with Gasteiger partial charge in [0, 0.05) is 12.5 Å². The summed E-state index contributed by atoms with van der Waals surface area (Å²) in [5, 5.41) is 8.39. The first-order valence-corrected chi connectivity index (χ1v) is 4.99. The van der Waals surface area contributed by atoms with Crippen molar-refractivity contribution in [3.63, 3.8) is 0 Å². The molecular formula is C10H18N2. The van der Waals surface area contributed by atoms with E-state index in [0.717, 1.165) is 19.0 Å². The summed E-state index contributed by atoms with van der Waals surface area (Å²) in [6.45, 7) is 4.64. The maximum absolute atomic E-state index is 8.39. The summed E-state index contributed by atoms with van der Waals surface area (Å²) in [5.74, 6) is 0. The van der Waals surface area contributed by atoms with E-state index in [1.54, 1.807) is 0 Å². The molecule has 1 atom stereocenters. The summed E-state index contributed by atoms with van der Waals surface area (Å²) in [7, 11) is 0. The molecule has 1 heterocycles.